The Balaban J connectivity index is 0.000000540. The maximum absolute atomic E-state index is 12.9. The Kier molecular flexibility index (Phi) is 9.07. The van der Waals surface area contributed by atoms with Crippen molar-refractivity contribution >= 4 is 33.5 Å². The van der Waals surface area contributed by atoms with Gasteiger partial charge in [0.1, 0.15) is 0 Å². The first-order valence-electron chi connectivity index (χ1n) is 10.6. The van der Waals surface area contributed by atoms with E-state index >= 15 is 0 Å². The van der Waals surface area contributed by atoms with Gasteiger partial charge in [-0.1, -0.05) is 26.0 Å². The molecule has 1 aromatic heterocycles. The molecule has 1 aliphatic heterocycles. The number of nitrogens with zero attached hydrogens (tertiary/aromatic N) is 2. The second-order valence-electron chi connectivity index (χ2n) is 8.00. The molecule has 1 atom stereocenters. The van der Waals surface area contributed by atoms with Crippen molar-refractivity contribution in [1.82, 2.24) is 4.98 Å². The zero-order valence-electron chi connectivity index (χ0n) is 19.0. The molecule has 1 fully saturated rings. The summed E-state index contributed by atoms with van der Waals surface area (Å²) < 4.78 is 60.0. The van der Waals surface area contributed by atoms with E-state index in [1.54, 1.807) is 24.3 Å². The largest absolute Gasteiger partial charge is 0.490 e. The zero-order valence-corrected chi connectivity index (χ0v) is 19.9. The summed E-state index contributed by atoms with van der Waals surface area (Å²) in [5.41, 5.74) is 1.16. The highest BCUT2D eigenvalue weighted by Crippen LogP contribution is 2.30. The van der Waals surface area contributed by atoms with E-state index in [0.29, 0.717) is 11.7 Å². The number of hydrogen-bond donors (Lipinski definition) is 3. The second-order valence-corrected chi connectivity index (χ2v) is 9.68. The van der Waals surface area contributed by atoms with Crippen LogP contribution in [-0.2, 0) is 21.2 Å². The van der Waals surface area contributed by atoms with Crippen LogP contribution in [0.25, 0.3) is 0 Å². The topological polar surface area (TPSA) is 137 Å². The molecule has 1 aromatic carbocycles. The van der Waals surface area contributed by atoms with Crippen LogP contribution in [0, 0.1) is 5.92 Å². The van der Waals surface area contributed by atoms with Crippen molar-refractivity contribution in [2.24, 2.45) is 5.92 Å². The van der Waals surface area contributed by atoms with E-state index in [1.807, 2.05) is 11.8 Å². The fraction of sp³-hybridized carbons (Fsp3) is 0.409. The molecule has 3 rings (SSSR count). The van der Waals surface area contributed by atoms with Crippen LogP contribution >= 0.6 is 0 Å². The SMILES string of the molecule is CCc1ccc(S(=O)(=O)Nc2cc(C(=O)O)cnc2N2CCCC(C)C2)cc1.O=C(O)C(F)(F)F. The molecule has 0 bridgehead atoms. The number of pyridine rings is 1. The Labute approximate surface area is 200 Å². The highest BCUT2D eigenvalue weighted by Gasteiger charge is 2.38. The molecule has 2 heterocycles. The monoisotopic (exact) mass is 517 g/mol. The number of anilines is 2. The van der Waals surface area contributed by atoms with Crippen LogP contribution in [0.4, 0.5) is 24.7 Å². The molecule has 0 spiro atoms. The molecule has 13 heteroatoms. The fourth-order valence-electron chi connectivity index (χ4n) is 3.39. The summed E-state index contributed by atoms with van der Waals surface area (Å²) >= 11 is 0. The number of aromatic carboxylic acids is 1. The molecule has 192 valence electrons. The summed E-state index contributed by atoms with van der Waals surface area (Å²) in [6.07, 6.45) is -0.914. The van der Waals surface area contributed by atoms with Crippen molar-refractivity contribution in [2.45, 2.75) is 44.2 Å². The van der Waals surface area contributed by atoms with Gasteiger partial charge in [-0.2, -0.15) is 13.2 Å². The minimum atomic E-state index is -5.08. The van der Waals surface area contributed by atoms with Gasteiger partial charge in [-0.05, 0) is 48.9 Å². The number of carboxylic acids is 2. The highest BCUT2D eigenvalue weighted by atomic mass is 32.2. The average molecular weight is 518 g/mol. The first kappa shape index (κ1) is 27.9. The van der Waals surface area contributed by atoms with Gasteiger partial charge in [-0.25, -0.2) is 23.0 Å². The van der Waals surface area contributed by atoms with E-state index in [-0.39, 0.29) is 16.1 Å². The maximum atomic E-state index is 12.9. The van der Waals surface area contributed by atoms with Crippen molar-refractivity contribution in [3.8, 4) is 0 Å². The predicted molar refractivity (Wildman–Crippen MR) is 122 cm³/mol. The molecule has 0 aliphatic carbocycles. The number of aryl methyl sites for hydroxylation is 1. The van der Waals surface area contributed by atoms with Crippen LogP contribution < -0.4 is 9.62 Å². The number of halogens is 3. The average Bonchev–Trinajstić information content (AvgIpc) is 2.78. The van der Waals surface area contributed by atoms with Crippen LogP contribution in [0.1, 0.15) is 42.6 Å². The molecule has 35 heavy (non-hydrogen) atoms. The Hall–Kier alpha value is -3.35. The molecule has 1 unspecified atom stereocenters. The van der Waals surface area contributed by atoms with Gasteiger partial charge in [0.2, 0.25) is 0 Å². The van der Waals surface area contributed by atoms with Gasteiger partial charge in [-0.15, -0.1) is 0 Å². The Bertz CT molecular complexity index is 1150. The lowest BCUT2D eigenvalue weighted by atomic mass is 10.0. The third-order valence-electron chi connectivity index (χ3n) is 5.20. The van der Waals surface area contributed by atoms with E-state index in [2.05, 4.69) is 16.6 Å². The van der Waals surface area contributed by atoms with Crippen LogP contribution in [0.15, 0.2) is 41.4 Å². The van der Waals surface area contributed by atoms with Gasteiger partial charge < -0.3 is 15.1 Å². The van der Waals surface area contributed by atoms with E-state index in [4.69, 9.17) is 9.90 Å². The number of carbonyl (C=O) groups is 2. The van der Waals surface area contributed by atoms with Crippen LogP contribution in [0.5, 0.6) is 0 Å². The van der Waals surface area contributed by atoms with Crippen molar-refractivity contribution < 1.29 is 41.4 Å². The smallest absolute Gasteiger partial charge is 0.478 e. The van der Waals surface area contributed by atoms with Gasteiger partial charge in [0, 0.05) is 19.3 Å². The molecular weight excluding hydrogens is 491 g/mol. The number of aliphatic carboxylic acids is 1. The third kappa shape index (κ3) is 7.84. The lowest BCUT2D eigenvalue weighted by molar-refractivity contribution is -0.192. The van der Waals surface area contributed by atoms with E-state index in [1.165, 1.54) is 12.3 Å². The molecule has 2 aromatic rings. The summed E-state index contributed by atoms with van der Waals surface area (Å²) in [6, 6.07) is 7.99. The number of piperidine rings is 1. The number of rotatable bonds is 6. The van der Waals surface area contributed by atoms with Gasteiger partial charge in [0.05, 0.1) is 16.1 Å². The first-order chi connectivity index (χ1) is 16.2. The van der Waals surface area contributed by atoms with Crippen LogP contribution in [0.3, 0.4) is 0 Å². The normalized spacial score (nSPS) is 16.1. The Morgan fingerprint density at radius 2 is 1.80 bits per heavy atom. The zero-order chi connectivity index (χ0) is 26.4. The molecular formula is C22H26F3N3O6S. The number of nitrogens with one attached hydrogen (secondary N) is 1. The molecule has 0 saturated carbocycles. The van der Waals surface area contributed by atoms with Crippen molar-refractivity contribution in [3.05, 3.63) is 47.7 Å². The number of sulfonamides is 1. The third-order valence-corrected chi connectivity index (χ3v) is 6.58. The number of alkyl halides is 3. The first-order valence-corrected chi connectivity index (χ1v) is 12.1. The van der Waals surface area contributed by atoms with E-state index < -0.39 is 28.1 Å². The molecule has 1 aliphatic rings. The molecule has 0 amide bonds. The van der Waals surface area contributed by atoms with Gasteiger partial charge >= 0.3 is 18.1 Å². The Morgan fingerprint density at radius 1 is 1.20 bits per heavy atom. The predicted octanol–water partition coefficient (Wildman–Crippen LogP) is 4.01. The van der Waals surface area contributed by atoms with Crippen molar-refractivity contribution in [2.75, 3.05) is 22.7 Å². The summed E-state index contributed by atoms with van der Waals surface area (Å²) in [4.78, 5) is 26.7. The van der Waals surface area contributed by atoms with E-state index in [9.17, 15) is 31.5 Å². The Morgan fingerprint density at radius 3 is 2.29 bits per heavy atom. The molecule has 3 N–H and O–H groups in total. The second kappa shape index (κ2) is 11.4. The summed E-state index contributed by atoms with van der Waals surface area (Å²) in [6.45, 7) is 5.64. The van der Waals surface area contributed by atoms with Gasteiger partial charge in [0.25, 0.3) is 10.0 Å². The minimum absolute atomic E-state index is 0.0622. The quantitative estimate of drug-likeness (QED) is 0.523. The fourth-order valence-corrected chi connectivity index (χ4v) is 4.44. The van der Waals surface area contributed by atoms with Gasteiger partial charge in [-0.3, -0.25) is 4.72 Å². The van der Waals surface area contributed by atoms with Crippen LogP contribution in [0.2, 0.25) is 0 Å². The molecule has 1 saturated heterocycles. The van der Waals surface area contributed by atoms with Crippen molar-refractivity contribution in [1.29, 1.82) is 0 Å². The lowest BCUT2D eigenvalue weighted by Gasteiger charge is -2.33. The van der Waals surface area contributed by atoms with E-state index in [0.717, 1.165) is 37.9 Å². The molecule has 9 nitrogen and oxygen atoms in total. The van der Waals surface area contributed by atoms with Crippen molar-refractivity contribution in [3.63, 3.8) is 0 Å². The number of benzene rings is 1. The molecule has 0 radical (unpaired) electrons. The summed E-state index contributed by atoms with van der Waals surface area (Å²) in [5.74, 6) is -2.99. The highest BCUT2D eigenvalue weighted by molar-refractivity contribution is 7.92. The summed E-state index contributed by atoms with van der Waals surface area (Å²) in [7, 11) is -3.87. The summed E-state index contributed by atoms with van der Waals surface area (Å²) in [5, 5.41) is 16.4. The lowest BCUT2D eigenvalue weighted by Crippen LogP contribution is -2.35. The number of aromatic nitrogens is 1. The minimum Gasteiger partial charge on any atom is -0.478 e. The standard InChI is InChI=1S/C20H25N3O4S.C2HF3O2/c1-3-15-6-8-17(9-7-15)28(26,27)22-18-11-16(20(24)25)12-21-19(18)23-10-4-5-14(2)13-23;3-2(4,5)1(6)7/h6-9,11-12,14,22H,3-5,10,13H2,1-2H3,(H,24,25);(H,6,7). The number of hydrogen-bond acceptors (Lipinski definition) is 6. The van der Waals surface area contributed by atoms with Gasteiger partial charge in [0.15, 0.2) is 5.82 Å². The maximum Gasteiger partial charge on any atom is 0.490 e. The number of carboxylic acid groups (broad SMARTS) is 2. The van der Waals surface area contributed by atoms with Crippen LogP contribution in [-0.4, -0.2) is 54.8 Å².